The lowest BCUT2D eigenvalue weighted by Crippen LogP contribution is -2.40. The second-order valence-electron chi connectivity index (χ2n) is 4.35. The van der Waals surface area contributed by atoms with Gasteiger partial charge in [-0.05, 0) is 41.0 Å². The Morgan fingerprint density at radius 2 is 2.28 bits per heavy atom. The predicted octanol–water partition coefficient (Wildman–Crippen LogP) is 0.666. The fourth-order valence-electron chi connectivity index (χ4n) is 2.19. The normalized spacial score (nSPS) is 19.2. The summed E-state index contributed by atoms with van der Waals surface area (Å²) >= 11 is 3.34. The van der Waals surface area contributed by atoms with Crippen molar-refractivity contribution in [3.8, 4) is 0 Å². The molecule has 0 saturated carbocycles. The highest BCUT2D eigenvalue weighted by molar-refractivity contribution is 9.10. The fraction of sp³-hybridized carbons (Fsp3) is 0.500. The van der Waals surface area contributed by atoms with Crippen LogP contribution in [0.25, 0.3) is 0 Å². The summed E-state index contributed by atoms with van der Waals surface area (Å²) in [7, 11) is 0. The smallest absolute Gasteiger partial charge is 0.241 e. The molecule has 98 valence electrons. The van der Waals surface area contributed by atoms with Crippen molar-refractivity contribution in [1.82, 2.24) is 15.2 Å². The van der Waals surface area contributed by atoms with Gasteiger partial charge in [0.15, 0.2) is 0 Å². The molecule has 1 saturated heterocycles. The zero-order valence-corrected chi connectivity index (χ0v) is 11.7. The Balaban J connectivity index is 2.21. The molecule has 0 aromatic carbocycles. The summed E-state index contributed by atoms with van der Waals surface area (Å²) in [6.07, 6.45) is 2.71. The highest BCUT2D eigenvalue weighted by Crippen LogP contribution is 2.20. The van der Waals surface area contributed by atoms with Gasteiger partial charge in [-0.1, -0.05) is 0 Å². The number of nitrogens with one attached hydrogen (secondary N) is 1. The largest absolute Gasteiger partial charge is 0.368 e. The van der Waals surface area contributed by atoms with Gasteiger partial charge >= 0.3 is 0 Å². The van der Waals surface area contributed by atoms with Gasteiger partial charge in [-0.25, -0.2) is 0 Å². The van der Waals surface area contributed by atoms with E-state index in [1.165, 1.54) is 0 Å². The fourth-order valence-corrected chi connectivity index (χ4v) is 2.42. The van der Waals surface area contributed by atoms with Crippen LogP contribution in [0.1, 0.15) is 18.2 Å². The van der Waals surface area contributed by atoms with Crippen molar-refractivity contribution in [2.45, 2.75) is 12.5 Å². The summed E-state index contributed by atoms with van der Waals surface area (Å²) in [6, 6.07) is 3.30. The van der Waals surface area contributed by atoms with Crippen LogP contribution in [0.4, 0.5) is 0 Å². The molecule has 0 spiro atoms. The van der Waals surface area contributed by atoms with Crippen LogP contribution in [0.15, 0.2) is 22.8 Å². The van der Waals surface area contributed by atoms with Gasteiger partial charge < -0.3 is 11.1 Å². The van der Waals surface area contributed by atoms with E-state index < -0.39 is 6.04 Å². The molecule has 1 aliphatic rings. The summed E-state index contributed by atoms with van der Waals surface area (Å²) < 4.78 is 0.895. The Bertz CT molecular complexity index is 401. The zero-order chi connectivity index (χ0) is 13.0. The molecule has 2 rings (SSSR count). The maximum Gasteiger partial charge on any atom is 0.241 e. The van der Waals surface area contributed by atoms with Gasteiger partial charge in [0, 0.05) is 30.3 Å². The molecule has 1 unspecified atom stereocenters. The minimum atomic E-state index is -0.432. The van der Waals surface area contributed by atoms with Crippen molar-refractivity contribution >= 4 is 21.8 Å². The van der Waals surface area contributed by atoms with E-state index in [1.807, 2.05) is 12.1 Å². The maximum atomic E-state index is 11.7. The minimum Gasteiger partial charge on any atom is -0.368 e. The number of primary amides is 1. The first-order valence-corrected chi connectivity index (χ1v) is 6.83. The Hall–Kier alpha value is -0.980. The summed E-state index contributed by atoms with van der Waals surface area (Å²) in [5.41, 5.74) is 6.25. The van der Waals surface area contributed by atoms with Crippen LogP contribution >= 0.6 is 15.9 Å². The number of halogens is 1. The van der Waals surface area contributed by atoms with E-state index in [0.29, 0.717) is 5.69 Å². The first-order valence-electron chi connectivity index (χ1n) is 6.04. The molecule has 0 aliphatic carbocycles. The molecule has 3 N–H and O–H groups in total. The molecule has 1 aliphatic heterocycles. The van der Waals surface area contributed by atoms with E-state index in [9.17, 15) is 4.79 Å². The Kier molecular flexibility index (Phi) is 4.68. The van der Waals surface area contributed by atoms with Gasteiger partial charge in [-0.3, -0.25) is 14.7 Å². The molecule has 1 fully saturated rings. The lowest BCUT2D eigenvalue weighted by molar-refractivity contribution is -0.123. The Morgan fingerprint density at radius 1 is 1.44 bits per heavy atom. The quantitative estimate of drug-likeness (QED) is 0.860. The monoisotopic (exact) mass is 312 g/mol. The molecule has 5 nitrogen and oxygen atoms in total. The van der Waals surface area contributed by atoms with Gasteiger partial charge in [0.2, 0.25) is 5.91 Å². The average molecular weight is 313 g/mol. The van der Waals surface area contributed by atoms with Crippen LogP contribution < -0.4 is 11.1 Å². The van der Waals surface area contributed by atoms with E-state index in [0.717, 1.165) is 37.1 Å². The van der Waals surface area contributed by atoms with E-state index in [-0.39, 0.29) is 5.91 Å². The second-order valence-corrected chi connectivity index (χ2v) is 5.26. The number of carbonyl (C=O) groups excluding carboxylic acids is 1. The molecule has 2 heterocycles. The number of hydrogen-bond acceptors (Lipinski definition) is 4. The van der Waals surface area contributed by atoms with Crippen LogP contribution in [-0.4, -0.2) is 42.0 Å². The third kappa shape index (κ3) is 3.28. The van der Waals surface area contributed by atoms with Crippen molar-refractivity contribution in [3.63, 3.8) is 0 Å². The molecule has 0 radical (unpaired) electrons. The number of nitrogens with zero attached hydrogens (tertiary/aromatic N) is 2. The molecule has 6 heteroatoms. The third-order valence-corrected chi connectivity index (χ3v) is 3.51. The number of nitrogens with two attached hydrogens (primary N) is 1. The molecule has 1 atom stereocenters. The molecule has 18 heavy (non-hydrogen) atoms. The van der Waals surface area contributed by atoms with Crippen molar-refractivity contribution in [2.24, 2.45) is 5.73 Å². The van der Waals surface area contributed by atoms with Crippen LogP contribution in [0.2, 0.25) is 0 Å². The van der Waals surface area contributed by atoms with E-state index in [4.69, 9.17) is 5.73 Å². The number of aromatic nitrogens is 1. The summed E-state index contributed by atoms with van der Waals surface area (Å²) in [4.78, 5) is 18.1. The first-order chi connectivity index (χ1) is 8.68. The molecular weight excluding hydrogens is 296 g/mol. The molecular formula is C12H17BrN4O. The van der Waals surface area contributed by atoms with Crippen molar-refractivity contribution in [1.29, 1.82) is 0 Å². The van der Waals surface area contributed by atoms with Gasteiger partial charge in [0.25, 0.3) is 0 Å². The predicted molar refractivity (Wildman–Crippen MR) is 72.9 cm³/mol. The summed E-state index contributed by atoms with van der Waals surface area (Å²) in [5.74, 6) is -0.341. The van der Waals surface area contributed by atoms with Gasteiger partial charge in [-0.15, -0.1) is 0 Å². The number of pyridine rings is 1. The maximum absolute atomic E-state index is 11.7. The standard InChI is InChI=1S/C12H17BrN4O/c13-9-2-3-10(16-8-9)11(12(14)18)17-6-1-4-15-5-7-17/h2-3,8,11,15H,1,4-7H2,(H2,14,18). The van der Waals surface area contributed by atoms with Gasteiger partial charge in [0.05, 0.1) is 5.69 Å². The van der Waals surface area contributed by atoms with Crippen LogP contribution in [0.3, 0.4) is 0 Å². The van der Waals surface area contributed by atoms with Crippen molar-refractivity contribution in [2.75, 3.05) is 26.2 Å². The van der Waals surface area contributed by atoms with E-state index in [1.54, 1.807) is 6.20 Å². The molecule has 1 aromatic rings. The second kappa shape index (κ2) is 6.26. The van der Waals surface area contributed by atoms with Crippen LogP contribution in [0, 0.1) is 0 Å². The number of amides is 1. The molecule has 1 aromatic heterocycles. The topological polar surface area (TPSA) is 71.2 Å². The summed E-state index contributed by atoms with van der Waals surface area (Å²) in [5, 5.41) is 3.31. The Morgan fingerprint density at radius 3 is 2.94 bits per heavy atom. The summed E-state index contributed by atoms with van der Waals surface area (Å²) in [6.45, 7) is 3.53. The highest BCUT2D eigenvalue weighted by Gasteiger charge is 2.27. The minimum absolute atomic E-state index is 0.341. The zero-order valence-electron chi connectivity index (χ0n) is 10.1. The first kappa shape index (κ1) is 13.5. The van der Waals surface area contributed by atoms with Gasteiger partial charge in [0.1, 0.15) is 6.04 Å². The van der Waals surface area contributed by atoms with Crippen LogP contribution in [-0.2, 0) is 4.79 Å². The van der Waals surface area contributed by atoms with Crippen molar-refractivity contribution in [3.05, 3.63) is 28.5 Å². The lowest BCUT2D eigenvalue weighted by atomic mass is 10.1. The highest BCUT2D eigenvalue weighted by atomic mass is 79.9. The number of hydrogen-bond donors (Lipinski definition) is 2. The van der Waals surface area contributed by atoms with Gasteiger partial charge in [-0.2, -0.15) is 0 Å². The lowest BCUT2D eigenvalue weighted by Gasteiger charge is -2.27. The molecule has 1 amide bonds. The van der Waals surface area contributed by atoms with E-state index >= 15 is 0 Å². The molecule has 0 bridgehead atoms. The number of carbonyl (C=O) groups is 1. The third-order valence-electron chi connectivity index (χ3n) is 3.04. The van der Waals surface area contributed by atoms with Crippen LogP contribution in [0.5, 0.6) is 0 Å². The average Bonchev–Trinajstić information content (AvgIpc) is 2.60. The Labute approximate surface area is 115 Å². The van der Waals surface area contributed by atoms with E-state index in [2.05, 4.69) is 31.1 Å². The van der Waals surface area contributed by atoms with Crippen molar-refractivity contribution < 1.29 is 4.79 Å². The number of rotatable bonds is 3. The SMILES string of the molecule is NC(=O)C(c1ccc(Br)cn1)N1CCCNCC1.